The van der Waals surface area contributed by atoms with E-state index in [4.69, 9.17) is 10.00 Å². The van der Waals surface area contributed by atoms with Gasteiger partial charge in [-0.15, -0.1) is 0 Å². The normalized spacial score (nSPS) is 22.8. The summed E-state index contributed by atoms with van der Waals surface area (Å²) in [4.78, 5) is 39.1. The van der Waals surface area contributed by atoms with Crippen LogP contribution in [0.15, 0.2) is 24.3 Å². The third-order valence-electron chi connectivity index (χ3n) is 4.52. The van der Waals surface area contributed by atoms with Crippen LogP contribution in [0, 0.1) is 11.3 Å². The summed E-state index contributed by atoms with van der Waals surface area (Å²) < 4.78 is 4.84. The summed E-state index contributed by atoms with van der Waals surface area (Å²) in [6.45, 7) is 3.21. The van der Waals surface area contributed by atoms with Crippen LogP contribution in [0.3, 0.4) is 0 Å². The van der Waals surface area contributed by atoms with E-state index in [2.05, 4.69) is 5.32 Å². The molecule has 0 saturated carbocycles. The van der Waals surface area contributed by atoms with Gasteiger partial charge in [0.05, 0.1) is 18.2 Å². The summed E-state index contributed by atoms with van der Waals surface area (Å²) in [5, 5.41) is 11.6. The van der Waals surface area contributed by atoms with Crippen molar-refractivity contribution in [2.45, 2.75) is 18.9 Å². The average molecular weight is 342 g/mol. The van der Waals surface area contributed by atoms with E-state index in [-0.39, 0.29) is 18.5 Å². The molecular formula is C17H18N4O4. The van der Waals surface area contributed by atoms with E-state index in [9.17, 15) is 14.4 Å². The van der Waals surface area contributed by atoms with Gasteiger partial charge in [0.25, 0.3) is 5.91 Å². The summed E-state index contributed by atoms with van der Waals surface area (Å²) in [6.07, 6.45) is 0.122. The molecule has 130 valence electrons. The first-order valence-corrected chi connectivity index (χ1v) is 8.02. The Morgan fingerprint density at radius 1 is 1.24 bits per heavy atom. The first kappa shape index (κ1) is 16.8. The summed E-state index contributed by atoms with van der Waals surface area (Å²) in [5.74, 6) is -0.341. The van der Waals surface area contributed by atoms with Crippen LogP contribution in [0.25, 0.3) is 0 Å². The first-order valence-electron chi connectivity index (χ1n) is 8.02. The molecule has 2 heterocycles. The Morgan fingerprint density at radius 3 is 2.56 bits per heavy atom. The second-order valence-corrected chi connectivity index (χ2v) is 6.16. The number of benzene rings is 1. The Kier molecular flexibility index (Phi) is 4.31. The van der Waals surface area contributed by atoms with Gasteiger partial charge in [-0.1, -0.05) is 12.1 Å². The highest BCUT2D eigenvalue weighted by atomic mass is 16.6. The fraction of sp³-hybridized carbons (Fsp3) is 0.412. The van der Waals surface area contributed by atoms with Gasteiger partial charge < -0.3 is 15.0 Å². The van der Waals surface area contributed by atoms with Crippen LogP contribution in [0.2, 0.25) is 0 Å². The van der Waals surface area contributed by atoms with Gasteiger partial charge in [0.2, 0.25) is 0 Å². The van der Waals surface area contributed by atoms with E-state index in [0.29, 0.717) is 37.2 Å². The van der Waals surface area contributed by atoms with Crippen molar-refractivity contribution in [2.75, 3.05) is 26.2 Å². The van der Waals surface area contributed by atoms with Gasteiger partial charge in [0.15, 0.2) is 0 Å². The molecular weight excluding hydrogens is 324 g/mol. The summed E-state index contributed by atoms with van der Waals surface area (Å²) in [6, 6.07) is 8.12. The highest BCUT2D eigenvalue weighted by Crippen LogP contribution is 2.29. The fourth-order valence-corrected chi connectivity index (χ4v) is 3.02. The van der Waals surface area contributed by atoms with E-state index in [1.54, 1.807) is 36.1 Å². The van der Waals surface area contributed by atoms with Crippen molar-refractivity contribution < 1.29 is 19.1 Å². The molecule has 0 unspecified atom stereocenters. The van der Waals surface area contributed by atoms with E-state index in [1.807, 2.05) is 6.07 Å². The smallest absolute Gasteiger partial charge is 0.409 e. The number of cyclic esters (lactones) is 1. The van der Waals surface area contributed by atoms with Crippen LogP contribution in [-0.4, -0.2) is 54.1 Å². The number of hydrogen-bond donors (Lipinski definition) is 1. The van der Waals surface area contributed by atoms with Crippen LogP contribution in [0.4, 0.5) is 9.59 Å². The van der Waals surface area contributed by atoms with Gasteiger partial charge in [-0.05, 0) is 31.0 Å². The molecule has 8 heteroatoms. The maximum Gasteiger partial charge on any atom is 0.409 e. The predicted molar refractivity (Wildman–Crippen MR) is 86.3 cm³/mol. The maximum atomic E-state index is 12.8. The zero-order valence-electron chi connectivity index (χ0n) is 13.8. The van der Waals surface area contributed by atoms with Gasteiger partial charge in [-0.25, -0.2) is 9.59 Å². The Hall–Kier alpha value is -3.08. The number of amides is 4. The van der Waals surface area contributed by atoms with Gasteiger partial charge >= 0.3 is 12.1 Å². The Labute approximate surface area is 144 Å². The van der Waals surface area contributed by atoms with Crippen molar-refractivity contribution in [1.82, 2.24) is 15.1 Å². The number of carbonyl (C=O) groups excluding carboxylic acids is 3. The largest absolute Gasteiger partial charge is 0.448 e. The molecule has 0 aromatic heterocycles. The minimum atomic E-state index is -1.16. The quantitative estimate of drug-likeness (QED) is 0.809. The zero-order valence-corrected chi connectivity index (χ0v) is 13.8. The van der Waals surface area contributed by atoms with Crippen molar-refractivity contribution in [2.24, 2.45) is 0 Å². The minimum Gasteiger partial charge on any atom is -0.448 e. The molecule has 3 rings (SSSR count). The SMILES string of the molecule is C[C@]1(c2ccc(C#N)cc2)NC(=O)N(CCCN2CCOC2=O)C1=O. The molecule has 0 aliphatic carbocycles. The van der Waals surface area contributed by atoms with Crippen molar-refractivity contribution in [3.63, 3.8) is 0 Å². The van der Waals surface area contributed by atoms with E-state index < -0.39 is 11.6 Å². The Balaban J connectivity index is 1.66. The van der Waals surface area contributed by atoms with Crippen molar-refractivity contribution >= 4 is 18.0 Å². The number of imide groups is 1. The van der Waals surface area contributed by atoms with Gasteiger partial charge in [0.1, 0.15) is 12.1 Å². The lowest BCUT2D eigenvalue weighted by molar-refractivity contribution is -0.131. The highest BCUT2D eigenvalue weighted by Gasteiger charge is 2.48. The number of carbonyl (C=O) groups is 3. The molecule has 4 amide bonds. The van der Waals surface area contributed by atoms with Crippen LogP contribution >= 0.6 is 0 Å². The number of nitriles is 1. The molecule has 2 fully saturated rings. The molecule has 0 spiro atoms. The summed E-state index contributed by atoms with van der Waals surface area (Å²) in [7, 11) is 0. The second-order valence-electron chi connectivity index (χ2n) is 6.16. The number of hydrogen-bond acceptors (Lipinski definition) is 5. The lowest BCUT2D eigenvalue weighted by atomic mass is 9.91. The van der Waals surface area contributed by atoms with Crippen LogP contribution in [0.1, 0.15) is 24.5 Å². The molecule has 0 bridgehead atoms. The summed E-state index contributed by atoms with van der Waals surface area (Å²) in [5.41, 5.74) is -0.0496. The molecule has 2 aliphatic rings. The van der Waals surface area contributed by atoms with Crippen molar-refractivity contribution in [1.29, 1.82) is 5.26 Å². The zero-order chi connectivity index (χ0) is 18.0. The molecule has 25 heavy (non-hydrogen) atoms. The van der Waals surface area contributed by atoms with Gasteiger partial charge in [0, 0.05) is 13.1 Å². The molecule has 0 radical (unpaired) electrons. The second kappa shape index (κ2) is 6.43. The lowest BCUT2D eigenvalue weighted by Gasteiger charge is -2.22. The van der Waals surface area contributed by atoms with E-state index >= 15 is 0 Å². The molecule has 8 nitrogen and oxygen atoms in total. The number of urea groups is 1. The highest BCUT2D eigenvalue weighted by molar-refractivity contribution is 6.07. The predicted octanol–water partition coefficient (Wildman–Crippen LogP) is 1.17. The third-order valence-corrected chi connectivity index (χ3v) is 4.52. The van der Waals surface area contributed by atoms with Crippen molar-refractivity contribution in [3.05, 3.63) is 35.4 Å². The number of rotatable bonds is 5. The topological polar surface area (TPSA) is 103 Å². The minimum absolute atomic E-state index is 0.223. The van der Waals surface area contributed by atoms with Crippen LogP contribution in [0.5, 0.6) is 0 Å². The van der Waals surface area contributed by atoms with Gasteiger partial charge in [-0.3, -0.25) is 9.69 Å². The van der Waals surface area contributed by atoms with E-state index in [1.165, 1.54) is 4.90 Å². The number of nitrogens with one attached hydrogen (secondary N) is 1. The third kappa shape index (κ3) is 3.01. The number of nitrogens with zero attached hydrogens (tertiary/aromatic N) is 3. The molecule has 2 saturated heterocycles. The van der Waals surface area contributed by atoms with Crippen LogP contribution < -0.4 is 5.32 Å². The number of ether oxygens (including phenoxy) is 1. The Bertz CT molecular complexity index is 755. The van der Waals surface area contributed by atoms with Crippen LogP contribution in [-0.2, 0) is 15.1 Å². The average Bonchev–Trinajstić information content (AvgIpc) is 3.11. The maximum absolute atomic E-state index is 12.8. The first-order chi connectivity index (χ1) is 12.0. The standard InChI is InChI=1S/C17H18N4O4/c1-17(13-5-3-12(11-18)4-6-13)14(22)21(15(23)19-17)8-2-7-20-9-10-25-16(20)24/h3-6H,2,7-10H2,1H3,(H,19,23)/t17-/m1/s1. The van der Waals surface area contributed by atoms with E-state index in [0.717, 1.165) is 0 Å². The lowest BCUT2D eigenvalue weighted by Crippen LogP contribution is -2.41. The summed E-state index contributed by atoms with van der Waals surface area (Å²) >= 11 is 0. The van der Waals surface area contributed by atoms with Crippen molar-refractivity contribution in [3.8, 4) is 6.07 Å². The monoisotopic (exact) mass is 342 g/mol. The molecule has 1 N–H and O–H groups in total. The van der Waals surface area contributed by atoms with Gasteiger partial charge in [-0.2, -0.15) is 5.26 Å². The molecule has 1 aromatic carbocycles. The fourth-order valence-electron chi connectivity index (χ4n) is 3.02. The molecule has 2 aliphatic heterocycles. The Morgan fingerprint density at radius 2 is 1.96 bits per heavy atom. The molecule has 1 atom stereocenters. The molecule has 1 aromatic rings.